The Morgan fingerprint density at radius 1 is 1.35 bits per heavy atom. The Hall–Kier alpha value is -2.52. The summed E-state index contributed by atoms with van der Waals surface area (Å²) in [4.78, 5) is 6.77. The smallest absolute Gasteiger partial charge is 0.240 e. The molecule has 136 valence electrons. The third-order valence-corrected chi connectivity index (χ3v) is 5.10. The number of fused-ring (bicyclic) bond motifs is 1. The summed E-state index contributed by atoms with van der Waals surface area (Å²) in [5.74, 6) is 2.03. The van der Waals surface area contributed by atoms with Crippen LogP contribution < -0.4 is 0 Å². The number of aliphatic hydroxyl groups excluding tert-OH is 1. The number of aryl methyl sites for hydroxylation is 1. The summed E-state index contributed by atoms with van der Waals surface area (Å²) < 4.78 is 9.02. The Morgan fingerprint density at radius 2 is 2.23 bits per heavy atom. The molecular weight excluding hydrogens is 334 g/mol. The Bertz CT molecular complexity index is 923. The molecule has 9 heteroatoms. The van der Waals surface area contributed by atoms with E-state index in [-0.39, 0.29) is 0 Å². The number of hydrogen-bond acceptors (Lipinski definition) is 7. The van der Waals surface area contributed by atoms with Crippen molar-refractivity contribution < 1.29 is 9.63 Å². The molecule has 1 fully saturated rings. The summed E-state index contributed by atoms with van der Waals surface area (Å²) >= 11 is 0. The summed E-state index contributed by atoms with van der Waals surface area (Å²) in [7, 11) is 1.82. The second-order valence-electron chi connectivity index (χ2n) is 7.10. The van der Waals surface area contributed by atoms with E-state index in [1.807, 2.05) is 23.9 Å². The van der Waals surface area contributed by atoms with Gasteiger partial charge in [0.25, 0.3) is 0 Å². The standard InChI is InChI=1S/C17H21N7O2/c1-22-14(4-5-18-22)16(25)13-8-12-9-23(6-7-24(12)20-13)10-15-19-17(21-26-15)11-2-3-11/h4-5,8,11,16,25H,2-3,6-7,9-10H2,1H3. The van der Waals surface area contributed by atoms with Crippen LogP contribution in [-0.4, -0.2) is 46.3 Å². The molecule has 0 amide bonds. The van der Waals surface area contributed by atoms with Crippen molar-refractivity contribution in [3.8, 4) is 0 Å². The van der Waals surface area contributed by atoms with E-state index in [4.69, 9.17) is 4.52 Å². The third kappa shape index (κ3) is 2.82. The lowest BCUT2D eigenvalue weighted by Crippen LogP contribution is -2.33. The molecule has 1 unspecified atom stereocenters. The van der Waals surface area contributed by atoms with E-state index in [0.717, 1.165) is 36.8 Å². The van der Waals surface area contributed by atoms with Gasteiger partial charge in [-0.15, -0.1) is 0 Å². The maximum absolute atomic E-state index is 10.6. The summed E-state index contributed by atoms with van der Waals surface area (Å²) in [6, 6.07) is 3.77. The van der Waals surface area contributed by atoms with Crippen LogP contribution in [0.5, 0.6) is 0 Å². The Morgan fingerprint density at radius 3 is 3.00 bits per heavy atom. The minimum Gasteiger partial charge on any atom is -0.380 e. The highest BCUT2D eigenvalue weighted by atomic mass is 16.5. The summed E-state index contributed by atoms with van der Waals surface area (Å²) in [5.41, 5.74) is 2.46. The van der Waals surface area contributed by atoms with Crippen LogP contribution in [0.25, 0.3) is 0 Å². The first-order chi connectivity index (χ1) is 12.7. The van der Waals surface area contributed by atoms with Crippen LogP contribution in [0.15, 0.2) is 22.9 Å². The number of rotatable bonds is 5. The van der Waals surface area contributed by atoms with E-state index in [1.54, 1.807) is 10.9 Å². The number of nitrogens with zero attached hydrogens (tertiary/aromatic N) is 7. The van der Waals surface area contributed by atoms with Gasteiger partial charge in [0.05, 0.1) is 30.2 Å². The lowest BCUT2D eigenvalue weighted by molar-refractivity contribution is 0.178. The highest BCUT2D eigenvalue weighted by Crippen LogP contribution is 2.38. The van der Waals surface area contributed by atoms with Crippen molar-refractivity contribution in [3.05, 3.63) is 47.1 Å². The molecule has 4 heterocycles. The minimum atomic E-state index is -0.772. The molecule has 5 rings (SSSR count). The Kier molecular flexibility index (Phi) is 3.64. The summed E-state index contributed by atoms with van der Waals surface area (Å²) in [6.07, 6.45) is 3.25. The largest absolute Gasteiger partial charge is 0.380 e. The number of aliphatic hydroxyl groups is 1. The molecule has 0 radical (unpaired) electrons. The molecule has 26 heavy (non-hydrogen) atoms. The molecule has 0 bridgehead atoms. The van der Waals surface area contributed by atoms with Crippen LogP contribution >= 0.6 is 0 Å². The Labute approximate surface area is 150 Å². The van der Waals surface area contributed by atoms with Gasteiger partial charge in [0.1, 0.15) is 6.10 Å². The first kappa shape index (κ1) is 15.7. The van der Waals surface area contributed by atoms with Crippen molar-refractivity contribution in [2.24, 2.45) is 7.05 Å². The first-order valence-corrected chi connectivity index (χ1v) is 8.95. The molecule has 0 spiro atoms. The minimum absolute atomic E-state index is 0.506. The van der Waals surface area contributed by atoms with Crippen molar-refractivity contribution in [1.29, 1.82) is 0 Å². The van der Waals surface area contributed by atoms with E-state index in [1.165, 1.54) is 12.8 Å². The van der Waals surface area contributed by atoms with Crippen LogP contribution in [0, 0.1) is 0 Å². The van der Waals surface area contributed by atoms with Gasteiger partial charge < -0.3 is 9.63 Å². The molecule has 0 aromatic carbocycles. The van der Waals surface area contributed by atoms with E-state index >= 15 is 0 Å². The lowest BCUT2D eigenvalue weighted by Gasteiger charge is -2.25. The zero-order chi connectivity index (χ0) is 17.7. The molecule has 3 aromatic rings. The van der Waals surface area contributed by atoms with Crippen molar-refractivity contribution in [3.63, 3.8) is 0 Å². The van der Waals surface area contributed by atoms with Crippen LogP contribution in [0.4, 0.5) is 0 Å². The topological polar surface area (TPSA) is 98.0 Å². The molecule has 1 aliphatic carbocycles. The third-order valence-electron chi connectivity index (χ3n) is 5.10. The monoisotopic (exact) mass is 355 g/mol. The van der Waals surface area contributed by atoms with Gasteiger partial charge in [-0.05, 0) is 25.0 Å². The average molecular weight is 355 g/mol. The predicted octanol–water partition coefficient (Wildman–Crippen LogP) is 0.974. The van der Waals surface area contributed by atoms with E-state index in [9.17, 15) is 5.11 Å². The quantitative estimate of drug-likeness (QED) is 0.728. The SMILES string of the molecule is Cn1nccc1C(O)c1cc2n(n1)CCN(Cc1nc(C3CC3)no1)C2. The van der Waals surface area contributed by atoms with Gasteiger partial charge in [0, 0.05) is 32.3 Å². The molecule has 2 aliphatic rings. The van der Waals surface area contributed by atoms with Crippen molar-refractivity contribution in [2.45, 2.75) is 44.5 Å². The highest BCUT2D eigenvalue weighted by Gasteiger charge is 2.29. The second kappa shape index (κ2) is 6.03. The highest BCUT2D eigenvalue weighted by molar-refractivity contribution is 5.22. The fraction of sp³-hybridized carbons (Fsp3) is 0.529. The zero-order valence-corrected chi connectivity index (χ0v) is 14.6. The molecule has 0 saturated heterocycles. The van der Waals surface area contributed by atoms with Crippen LogP contribution in [0.1, 0.15) is 53.7 Å². The molecular formula is C17H21N7O2. The van der Waals surface area contributed by atoms with E-state index < -0.39 is 6.10 Å². The van der Waals surface area contributed by atoms with Gasteiger partial charge in [0.2, 0.25) is 5.89 Å². The van der Waals surface area contributed by atoms with E-state index in [2.05, 4.69) is 25.2 Å². The molecule has 3 aromatic heterocycles. The van der Waals surface area contributed by atoms with Crippen LogP contribution in [0.2, 0.25) is 0 Å². The molecule has 1 saturated carbocycles. The fourth-order valence-electron chi connectivity index (χ4n) is 3.45. The maximum Gasteiger partial charge on any atom is 0.240 e. The van der Waals surface area contributed by atoms with Crippen LogP contribution in [0.3, 0.4) is 0 Å². The first-order valence-electron chi connectivity index (χ1n) is 8.95. The number of hydrogen-bond donors (Lipinski definition) is 1. The van der Waals surface area contributed by atoms with E-state index in [0.29, 0.717) is 24.0 Å². The second-order valence-corrected chi connectivity index (χ2v) is 7.10. The van der Waals surface area contributed by atoms with Crippen molar-refractivity contribution in [1.82, 2.24) is 34.6 Å². The zero-order valence-electron chi connectivity index (χ0n) is 14.6. The van der Waals surface area contributed by atoms with Crippen molar-refractivity contribution >= 4 is 0 Å². The molecule has 1 atom stereocenters. The van der Waals surface area contributed by atoms with Gasteiger partial charge in [0.15, 0.2) is 5.82 Å². The van der Waals surface area contributed by atoms with Gasteiger partial charge >= 0.3 is 0 Å². The van der Waals surface area contributed by atoms with Gasteiger partial charge in [-0.2, -0.15) is 15.2 Å². The van der Waals surface area contributed by atoms with Crippen LogP contribution in [-0.2, 0) is 26.7 Å². The maximum atomic E-state index is 10.6. The fourth-order valence-corrected chi connectivity index (χ4v) is 3.45. The normalized spacial score (nSPS) is 18.8. The average Bonchev–Trinajstić information content (AvgIpc) is 3.04. The van der Waals surface area contributed by atoms with Gasteiger partial charge in [-0.1, -0.05) is 5.16 Å². The van der Waals surface area contributed by atoms with Gasteiger partial charge in [-0.3, -0.25) is 14.3 Å². The summed E-state index contributed by atoms with van der Waals surface area (Å²) in [5, 5.41) is 23.4. The molecule has 1 aliphatic heterocycles. The van der Waals surface area contributed by atoms with Gasteiger partial charge in [-0.25, -0.2) is 0 Å². The predicted molar refractivity (Wildman–Crippen MR) is 89.9 cm³/mol. The summed E-state index contributed by atoms with van der Waals surface area (Å²) in [6.45, 7) is 3.02. The molecule has 1 N–H and O–H groups in total. The Balaban J connectivity index is 1.29. The number of aromatic nitrogens is 6. The molecule has 9 nitrogen and oxygen atoms in total. The lowest BCUT2D eigenvalue weighted by atomic mass is 10.1. The van der Waals surface area contributed by atoms with Crippen molar-refractivity contribution in [2.75, 3.05) is 6.54 Å².